The highest BCUT2D eigenvalue weighted by atomic mass is 19.4. The average molecular weight is 421 g/mol. The van der Waals surface area contributed by atoms with Gasteiger partial charge in [-0.1, -0.05) is 6.07 Å². The van der Waals surface area contributed by atoms with Gasteiger partial charge >= 0.3 is 6.18 Å². The molecule has 2 aliphatic heterocycles. The van der Waals surface area contributed by atoms with Crippen LogP contribution in [-0.2, 0) is 16.5 Å². The number of aliphatic imine (C=N–C) groups is 1. The first kappa shape index (κ1) is 20.2. The van der Waals surface area contributed by atoms with Gasteiger partial charge in [-0.15, -0.1) is 0 Å². The highest BCUT2D eigenvalue weighted by molar-refractivity contribution is 6.07. The molecule has 0 saturated heterocycles. The summed E-state index contributed by atoms with van der Waals surface area (Å²) in [7, 11) is 1.50. The van der Waals surface area contributed by atoms with E-state index >= 15 is 0 Å². The van der Waals surface area contributed by atoms with Crippen LogP contribution in [0.25, 0.3) is 11.1 Å². The number of benzene rings is 2. The minimum atomic E-state index is -4.69. The van der Waals surface area contributed by atoms with Gasteiger partial charge in [0.25, 0.3) is 5.91 Å². The number of amides is 1. The number of halogens is 4. The molecule has 1 unspecified atom stereocenters. The van der Waals surface area contributed by atoms with Crippen molar-refractivity contribution in [2.24, 2.45) is 10.7 Å². The van der Waals surface area contributed by atoms with E-state index in [9.17, 15) is 22.4 Å². The Morgan fingerprint density at radius 2 is 1.83 bits per heavy atom. The maximum Gasteiger partial charge on any atom is 0.416 e. The molecule has 9 heteroatoms. The van der Waals surface area contributed by atoms with Gasteiger partial charge in [0.15, 0.2) is 11.5 Å². The molecule has 1 amide bonds. The number of alkyl halides is 3. The molecule has 30 heavy (non-hydrogen) atoms. The van der Waals surface area contributed by atoms with Crippen LogP contribution < -0.4 is 10.5 Å². The van der Waals surface area contributed by atoms with Crippen LogP contribution in [0.1, 0.15) is 31.4 Å². The number of guanidine groups is 1. The van der Waals surface area contributed by atoms with Crippen LogP contribution in [0.5, 0.6) is 5.75 Å². The molecule has 0 fully saturated rings. The summed E-state index contributed by atoms with van der Waals surface area (Å²) in [5, 5.41) is 0. The summed E-state index contributed by atoms with van der Waals surface area (Å²) in [6.45, 7) is 3.62. The SMILES string of the molecule is CN1C(=O)C2(CC(C)(C)Oc3ccc(-c4cc(F)cc(C(F)(F)F)c4)cc32)N=C1N. The quantitative estimate of drug-likeness (QED) is 0.707. The van der Waals surface area contributed by atoms with Crippen LogP contribution in [0, 0.1) is 5.82 Å². The van der Waals surface area contributed by atoms with Gasteiger partial charge in [0.1, 0.15) is 17.2 Å². The standard InChI is InChI=1S/C21H19F4N3O2/c1-19(2)10-20(17(29)28(3)18(26)27-20)15-8-11(4-5-16(15)30-19)12-6-13(21(23,24)25)9-14(22)7-12/h4-9H,10H2,1-3H3,(H2,26,27). The zero-order valence-electron chi connectivity index (χ0n) is 16.5. The molecule has 2 N–H and O–H groups in total. The summed E-state index contributed by atoms with van der Waals surface area (Å²) in [6.07, 6.45) is -4.50. The van der Waals surface area contributed by atoms with E-state index in [1.807, 2.05) is 13.8 Å². The third-order valence-electron chi connectivity index (χ3n) is 5.36. The summed E-state index contributed by atoms with van der Waals surface area (Å²) >= 11 is 0. The minimum absolute atomic E-state index is 0.0286. The zero-order valence-corrected chi connectivity index (χ0v) is 16.5. The van der Waals surface area contributed by atoms with Crippen molar-refractivity contribution in [1.82, 2.24) is 4.90 Å². The molecule has 1 atom stereocenters. The largest absolute Gasteiger partial charge is 0.487 e. The molecule has 0 aromatic heterocycles. The van der Waals surface area contributed by atoms with Crippen molar-refractivity contribution in [2.75, 3.05) is 7.05 Å². The van der Waals surface area contributed by atoms with E-state index in [-0.39, 0.29) is 23.9 Å². The lowest BCUT2D eigenvalue weighted by Crippen LogP contribution is -2.49. The van der Waals surface area contributed by atoms with Gasteiger partial charge in [0.2, 0.25) is 0 Å². The highest BCUT2D eigenvalue weighted by Crippen LogP contribution is 2.50. The molecule has 0 aliphatic carbocycles. The number of nitrogens with zero attached hydrogens (tertiary/aromatic N) is 2. The number of nitrogens with two attached hydrogens (primary N) is 1. The Morgan fingerprint density at radius 3 is 2.43 bits per heavy atom. The molecule has 0 bridgehead atoms. The molecule has 158 valence electrons. The fourth-order valence-electron chi connectivity index (χ4n) is 4.08. The normalized spacial score (nSPS) is 22.7. The van der Waals surface area contributed by atoms with Crippen LogP contribution in [0.4, 0.5) is 17.6 Å². The first-order chi connectivity index (χ1) is 13.8. The fourth-order valence-corrected chi connectivity index (χ4v) is 4.08. The Balaban J connectivity index is 1.91. The van der Waals surface area contributed by atoms with Crippen molar-refractivity contribution in [3.8, 4) is 16.9 Å². The number of likely N-dealkylation sites (N-methyl/N-ethyl adjacent to an activating group) is 1. The topological polar surface area (TPSA) is 67.9 Å². The van der Waals surface area contributed by atoms with E-state index < -0.39 is 28.7 Å². The second-order valence-electron chi connectivity index (χ2n) is 8.17. The van der Waals surface area contributed by atoms with Crippen LogP contribution in [0.2, 0.25) is 0 Å². The first-order valence-corrected chi connectivity index (χ1v) is 9.18. The number of fused-ring (bicyclic) bond motifs is 2. The van der Waals surface area contributed by atoms with Crippen LogP contribution in [-0.4, -0.2) is 29.4 Å². The van der Waals surface area contributed by atoms with E-state index in [1.165, 1.54) is 24.1 Å². The molecule has 2 aliphatic rings. The lowest BCUT2D eigenvalue weighted by Gasteiger charge is -2.41. The second kappa shape index (κ2) is 6.20. The van der Waals surface area contributed by atoms with E-state index in [0.29, 0.717) is 22.9 Å². The molecular weight excluding hydrogens is 402 g/mol. The smallest absolute Gasteiger partial charge is 0.416 e. The predicted molar refractivity (Wildman–Crippen MR) is 102 cm³/mol. The molecule has 2 heterocycles. The second-order valence-corrected chi connectivity index (χ2v) is 8.17. The Bertz CT molecular complexity index is 1090. The number of ether oxygens (including phenoxy) is 1. The van der Waals surface area contributed by atoms with Crippen LogP contribution >= 0.6 is 0 Å². The zero-order chi connectivity index (χ0) is 22.1. The minimum Gasteiger partial charge on any atom is -0.487 e. The van der Waals surface area contributed by atoms with Crippen molar-refractivity contribution < 1.29 is 27.1 Å². The van der Waals surface area contributed by atoms with Crippen LogP contribution in [0.15, 0.2) is 41.4 Å². The molecule has 0 saturated carbocycles. The molecule has 2 aromatic carbocycles. The molecule has 5 nitrogen and oxygen atoms in total. The van der Waals surface area contributed by atoms with Gasteiger partial charge in [-0.3, -0.25) is 9.69 Å². The molecule has 2 aromatic rings. The lowest BCUT2D eigenvalue weighted by molar-refractivity contribution is -0.137. The molecular formula is C21H19F4N3O2. The average Bonchev–Trinajstić information content (AvgIpc) is 2.83. The number of hydrogen-bond donors (Lipinski definition) is 1. The Labute approximate surface area is 170 Å². The first-order valence-electron chi connectivity index (χ1n) is 9.18. The summed E-state index contributed by atoms with van der Waals surface area (Å²) in [6, 6.07) is 6.92. The number of hydrogen-bond acceptors (Lipinski definition) is 4. The van der Waals surface area contributed by atoms with Gasteiger partial charge in [-0.25, -0.2) is 9.38 Å². The molecule has 1 spiro atoms. The van der Waals surface area contributed by atoms with Gasteiger partial charge < -0.3 is 10.5 Å². The Kier molecular flexibility index (Phi) is 4.17. The summed E-state index contributed by atoms with van der Waals surface area (Å²) < 4.78 is 59.3. The van der Waals surface area contributed by atoms with Crippen molar-refractivity contribution in [3.63, 3.8) is 0 Å². The monoisotopic (exact) mass is 421 g/mol. The van der Waals surface area contributed by atoms with Gasteiger partial charge in [0, 0.05) is 19.0 Å². The van der Waals surface area contributed by atoms with Crippen molar-refractivity contribution in [3.05, 3.63) is 53.3 Å². The Morgan fingerprint density at radius 1 is 1.13 bits per heavy atom. The van der Waals surface area contributed by atoms with Gasteiger partial charge in [-0.05, 0) is 55.3 Å². The van der Waals surface area contributed by atoms with Crippen molar-refractivity contribution in [1.29, 1.82) is 0 Å². The third-order valence-corrected chi connectivity index (χ3v) is 5.36. The number of rotatable bonds is 1. The Hall–Kier alpha value is -3.10. The van der Waals surface area contributed by atoms with E-state index in [2.05, 4.69) is 4.99 Å². The van der Waals surface area contributed by atoms with Crippen molar-refractivity contribution >= 4 is 11.9 Å². The van der Waals surface area contributed by atoms with Gasteiger partial charge in [-0.2, -0.15) is 13.2 Å². The third kappa shape index (κ3) is 3.09. The number of carbonyl (C=O) groups is 1. The summed E-state index contributed by atoms with van der Waals surface area (Å²) in [5.74, 6) is -0.949. The van der Waals surface area contributed by atoms with E-state index in [4.69, 9.17) is 10.5 Å². The summed E-state index contributed by atoms with van der Waals surface area (Å²) in [5.41, 5.74) is 3.43. The fraction of sp³-hybridized carbons (Fsp3) is 0.333. The highest BCUT2D eigenvalue weighted by Gasteiger charge is 2.55. The van der Waals surface area contributed by atoms with E-state index in [1.54, 1.807) is 6.07 Å². The van der Waals surface area contributed by atoms with Crippen molar-refractivity contribution in [2.45, 2.75) is 37.6 Å². The molecule has 0 radical (unpaired) electrons. The maximum absolute atomic E-state index is 13.9. The van der Waals surface area contributed by atoms with E-state index in [0.717, 1.165) is 12.1 Å². The number of carbonyl (C=O) groups excluding carboxylic acids is 1. The van der Waals surface area contributed by atoms with Crippen LogP contribution in [0.3, 0.4) is 0 Å². The maximum atomic E-state index is 13.9. The lowest BCUT2D eigenvalue weighted by atomic mass is 9.77. The van der Waals surface area contributed by atoms with Gasteiger partial charge in [0.05, 0.1) is 5.56 Å². The molecule has 4 rings (SSSR count). The predicted octanol–water partition coefficient (Wildman–Crippen LogP) is 4.05. The summed E-state index contributed by atoms with van der Waals surface area (Å²) in [4.78, 5) is 18.8.